The Morgan fingerprint density at radius 3 is 2.75 bits per heavy atom. The number of fused-ring (bicyclic) bond motifs is 1. The molecule has 3 heterocycles. The second-order valence-electron chi connectivity index (χ2n) is 7.86. The first-order chi connectivity index (χ1) is 15.6. The number of nitriles is 1. The summed E-state index contributed by atoms with van der Waals surface area (Å²) in [6.07, 6.45) is 2.02. The summed E-state index contributed by atoms with van der Waals surface area (Å²) < 4.78 is 5.85. The summed E-state index contributed by atoms with van der Waals surface area (Å²) in [6, 6.07) is 10.5. The molecule has 1 saturated heterocycles. The van der Waals surface area contributed by atoms with Crippen molar-refractivity contribution in [3.05, 3.63) is 35.2 Å². The van der Waals surface area contributed by atoms with Crippen LogP contribution in [0.2, 0.25) is 0 Å². The molecule has 9 nitrogen and oxygen atoms in total. The Balaban J connectivity index is 1.34. The molecule has 1 aliphatic heterocycles. The van der Waals surface area contributed by atoms with Gasteiger partial charge in [0.05, 0.1) is 28.6 Å². The predicted octanol–water partition coefficient (Wildman–Crippen LogP) is 3.77. The number of methoxy groups -OCH3 is 1. The van der Waals surface area contributed by atoms with Gasteiger partial charge in [-0.15, -0.1) is 11.3 Å². The molecule has 0 atom stereocenters. The Kier molecular flexibility index (Phi) is 5.41. The van der Waals surface area contributed by atoms with Gasteiger partial charge in [-0.1, -0.05) is 0 Å². The monoisotopic (exact) mass is 449 g/mol. The molecule has 0 unspecified atom stereocenters. The van der Waals surface area contributed by atoms with Gasteiger partial charge in [0.15, 0.2) is 0 Å². The molecule has 1 amide bonds. The van der Waals surface area contributed by atoms with E-state index in [9.17, 15) is 10.1 Å². The summed E-state index contributed by atoms with van der Waals surface area (Å²) in [4.78, 5) is 24.8. The normalized spacial score (nSPS) is 16.0. The molecule has 2 N–H and O–H groups in total. The van der Waals surface area contributed by atoms with Gasteiger partial charge in [-0.3, -0.25) is 0 Å². The third-order valence-corrected chi connectivity index (χ3v) is 6.56. The number of carbonyl (C=O) groups is 1. The van der Waals surface area contributed by atoms with Crippen LogP contribution in [0.3, 0.4) is 0 Å². The molecule has 3 aromatic rings. The van der Waals surface area contributed by atoms with Gasteiger partial charge in [-0.25, -0.2) is 9.78 Å². The van der Waals surface area contributed by atoms with Crippen molar-refractivity contribution < 1.29 is 9.53 Å². The number of amides is 1. The minimum Gasteiger partial charge on any atom is -0.453 e. The first kappa shape index (κ1) is 20.3. The zero-order valence-corrected chi connectivity index (χ0v) is 18.5. The second-order valence-corrected chi connectivity index (χ2v) is 8.78. The van der Waals surface area contributed by atoms with E-state index in [2.05, 4.69) is 31.6 Å². The summed E-state index contributed by atoms with van der Waals surface area (Å²) in [5, 5.41) is 18.5. The second kappa shape index (κ2) is 8.51. The highest BCUT2D eigenvalue weighted by molar-refractivity contribution is 7.17. The fourth-order valence-electron chi connectivity index (χ4n) is 3.81. The maximum absolute atomic E-state index is 11.7. The highest BCUT2D eigenvalue weighted by Crippen LogP contribution is 2.33. The van der Waals surface area contributed by atoms with Gasteiger partial charge >= 0.3 is 6.09 Å². The number of hydrogen-bond acceptors (Lipinski definition) is 9. The molecule has 2 aliphatic rings. The number of carbonyl (C=O) groups excluding carboxylic acids is 1. The molecule has 164 valence electrons. The van der Waals surface area contributed by atoms with E-state index < -0.39 is 0 Å². The zero-order chi connectivity index (χ0) is 22.1. The molecule has 32 heavy (non-hydrogen) atoms. The lowest BCUT2D eigenvalue weighted by Gasteiger charge is -2.35. The summed E-state index contributed by atoms with van der Waals surface area (Å²) >= 11 is 1.63. The van der Waals surface area contributed by atoms with Gasteiger partial charge in [-0.05, 0) is 42.5 Å². The summed E-state index contributed by atoms with van der Waals surface area (Å²) in [5.74, 6) is 1.36. The van der Waals surface area contributed by atoms with Crippen LogP contribution in [0.25, 0.3) is 10.2 Å². The molecule has 5 rings (SSSR count). The number of anilines is 4. The van der Waals surface area contributed by atoms with Gasteiger partial charge in [0, 0.05) is 37.9 Å². The Bertz CT molecular complexity index is 1190. The Labute approximate surface area is 189 Å². The Morgan fingerprint density at radius 1 is 1.22 bits per heavy atom. The van der Waals surface area contributed by atoms with Crippen LogP contribution in [0.5, 0.6) is 0 Å². The topological polar surface area (TPSA) is 106 Å². The molecule has 0 spiro atoms. The number of ether oxygens (including phenoxy) is 1. The number of thiophene rings is 1. The van der Waals surface area contributed by atoms with Crippen LogP contribution >= 0.6 is 11.3 Å². The third kappa shape index (κ3) is 4.11. The van der Waals surface area contributed by atoms with Gasteiger partial charge in [0.25, 0.3) is 0 Å². The number of nitrogens with zero attached hydrogens (tertiary/aromatic N) is 5. The molecule has 1 saturated carbocycles. The molecule has 0 bridgehead atoms. The quantitative estimate of drug-likeness (QED) is 0.606. The zero-order valence-electron chi connectivity index (χ0n) is 17.7. The minimum absolute atomic E-state index is 0.317. The first-order valence-electron chi connectivity index (χ1n) is 10.6. The fraction of sp³-hybridized carbons (Fsp3) is 0.364. The number of piperazine rings is 1. The molecular formula is C22H23N7O2S. The van der Waals surface area contributed by atoms with Crippen LogP contribution in [-0.4, -0.2) is 60.3 Å². The van der Waals surface area contributed by atoms with Crippen molar-refractivity contribution in [3.63, 3.8) is 0 Å². The van der Waals surface area contributed by atoms with Crippen molar-refractivity contribution in [3.8, 4) is 6.07 Å². The molecule has 2 aromatic heterocycles. The van der Waals surface area contributed by atoms with Gasteiger partial charge in [0.1, 0.15) is 11.9 Å². The fourth-order valence-corrected chi connectivity index (χ4v) is 4.59. The average molecular weight is 450 g/mol. The summed E-state index contributed by atoms with van der Waals surface area (Å²) in [6.45, 7) is 2.40. The van der Waals surface area contributed by atoms with E-state index >= 15 is 0 Å². The Morgan fingerprint density at radius 2 is 2.03 bits per heavy atom. The van der Waals surface area contributed by atoms with Crippen molar-refractivity contribution in [1.29, 1.82) is 5.26 Å². The third-order valence-electron chi connectivity index (χ3n) is 5.65. The molecular weight excluding hydrogens is 426 g/mol. The van der Waals surface area contributed by atoms with Gasteiger partial charge < -0.3 is 25.2 Å². The summed E-state index contributed by atoms with van der Waals surface area (Å²) in [5.41, 5.74) is 3.07. The maximum Gasteiger partial charge on any atom is 0.409 e. The standard InChI is InChI=1S/C22H23N7O2S/c1-31-22(30)29-9-7-28(8-10-29)18-5-4-16(12-14(18)13-23)25-21-26-17-6-11-32-19(17)20(27-21)24-15-2-3-15/h4-6,11-12,15H,2-3,7-10H2,1H3,(H2,24,25,26,27). The molecule has 1 aliphatic carbocycles. The van der Waals surface area contributed by atoms with E-state index in [4.69, 9.17) is 4.74 Å². The maximum atomic E-state index is 11.7. The number of nitrogens with one attached hydrogen (secondary N) is 2. The van der Waals surface area contributed by atoms with Crippen molar-refractivity contribution >= 4 is 50.8 Å². The van der Waals surface area contributed by atoms with Crippen molar-refractivity contribution in [2.24, 2.45) is 0 Å². The molecule has 2 fully saturated rings. The van der Waals surface area contributed by atoms with E-state index in [1.165, 1.54) is 20.0 Å². The van der Waals surface area contributed by atoms with E-state index in [1.807, 2.05) is 29.6 Å². The van der Waals surface area contributed by atoms with Crippen molar-refractivity contribution in [2.75, 3.05) is 48.8 Å². The van der Waals surface area contributed by atoms with Crippen LogP contribution in [0.15, 0.2) is 29.6 Å². The van der Waals surface area contributed by atoms with Crippen molar-refractivity contribution in [2.45, 2.75) is 18.9 Å². The van der Waals surface area contributed by atoms with Crippen LogP contribution in [0, 0.1) is 11.3 Å². The van der Waals surface area contributed by atoms with Crippen LogP contribution in [0.4, 0.5) is 27.9 Å². The first-order valence-corrected chi connectivity index (χ1v) is 11.4. The Hall–Kier alpha value is -3.58. The predicted molar refractivity (Wildman–Crippen MR) is 125 cm³/mol. The lowest BCUT2D eigenvalue weighted by Crippen LogP contribution is -2.48. The number of benzene rings is 1. The largest absolute Gasteiger partial charge is 0.453 e. The minimum atomic E-state index is -0.317. The average Bonchev–Trinajstić information content (AvgIpc) is 3.51. The smallest absolute Gasteiger partial charge is 0.409 e. The molecule has 0 radical (unpaired) electrons. The highest BCUT2D eigenvalue weighted by Gasteiger charge is 2.24. The number of aromatic nitrogens is 2. The van der Waals surface area contributed by atoms with Crippen LogP contribution < -0.4 is 15.5 Å². The van der Waals surface area contributed by atoms with Crippen molar-refractivity contribution in [1.82, 2.24) is 14.9 Å². The van der Waals surface area contributed by atoms with Crippen LogP contribution in [0.1, 0.15) is 18.4 Å². The lowest BCUT2D eigenvalue weighted by atomic mass is 10.1. The van der Waals surface area contributed by atoms with Gasteiger partial charge in [-0.2, -0.15) is 10.2 Å². The van der Waals surface area contributed by atoms with E-state index in [1.54, 1.807) is 16.2 Å². The van der Waals surface area contributed by atoms with Crippen LogP contribution in [-0.2, 0) is 4.74 Å². The highest BCUT2D eigenvalue weighted by atomic mass is 32.1. The number of rotatable bonds is 5. The van der Waals surface area contributed by atoms with Gasteiger partial charge in [0.2, 0.25) is 5.95 Å². The molecule has 1 aromatic carbocycles. The van der Waals surface area contributed by atoms with E-state index in [0.717, 1.165) is 27.4 Å². The van der Waals surface area contributed by atoms with E-state index in [-0.39, 0.29) is 6.09 Å². The number of hydrogen-bond donors (Lipinski definition) is 2. The lowest BCUT2D eigenvalue weighted by molar-refractivity contribution is 0.121. The molecule has 10 heteroatoms. The van der Waals surface area contributed by atoms with E-state index in [0.29, 0.717) is 43.7 Å². The SMILES string of the molecule is COC(=O)N1CCN(c2ccc(Nc3nc(NC4CC4)c4sccc4n3)cc2C#N)CC1. The summed E-state index contributed by atoms with van der Waals surface area (Å²) in [7, 11) is 1.39.